The summed E-state index contributed by atoms with van der Waals surface area (Å²) in [4.78, 5) is 25.1. The fourth-order valence-corrected chi connectivity index (χ4v) is 6.09. The highest BCUT2D eigenvalue weighted by Crippen LogP contribution is 2.14. The van der Waals surface area contributed by atoms with Crippen molar-refractivity contribution in [2.45, 2.75) is 219 Å². The van der Waals surface area contributed by atoms with E-state index in [1.807, 2.05) is 0 Å². The largest absolute Gasteiger partial charge is 0.462 e. The summed E-state index contributed by atoms with van der Waals surface area (Å²) in [5.41, 5.74) is 0. The van der Waals surface area contributed by atoms with Crippen molar-refractivity contribution in [2.24, 2.45) is 0 Å². The van der Waals surface area contributed by atoms with Gasteiger partial charge in [-0.2, -0.15) is 0 Å². The summed E-state index contributed by atoms with van der Waals surface area (Å²) >= 11 is 0. The predicted octanol–water partition coefficient (Wildman–Crippen LogP) is 14.4. The van der Waals surface area contributed by atoms with Gasteiger partial charge in [0, 0.05) is 19.4 Å². The van der Waals surface area contributed by atoms with E-state index in [9.17, 15) is 9.59 Å². The van der Waals surface area contributed by atoms with Gasteiger partial charge in [0.1, 0.15) is 6.61 Å². The van der Waals surface area contributed by atoms with Crippen LogP contribution in [0.5, 0.6) is 0 Å². The number of unbranched alkanes of at least 4 members (excludes halogenated alkanes) is 21. The predicted molar refractivity (Wildman–Crippen MR) is 224 cm³/mol. The number of carbonyl (C=O) groups excluding carboxylic acids is 2. The highest BCUT2D eigenvalue weighted by Gasteiger charge is 2.17. The summed E-state index contributed by atoms with van der Waals surface area (Å²) in [5.74, 6) is -0.422. The summed E-state index contributed by atoms with van der Waals surface area (Å²) in [6, 6.07) is 0. The molecule has 0 rings (SSSR count). The van der Waals surface area contributed by atoms with Gasteiger partial charge in [0.15, 0.2) is 6.10 Å². The van der Waals surface area contributed by atoms with E-state index in [1.54, 1.807) is 0 Å². The Labute approximate surface area is 322 Å². The fraction of sp³-hybridized carbons (Fsp3) is 0.787. The minimum atomic E-state index is -0.538. The molecule has 0 aromatic heterocycles. The molecule has 0 amide bonds. The topological polar surface area (TPSA) is 61.8 Å². The fourth-order valence-electron chi connectivity index (χ4n) is 6.09. The lowest BCUT2D eigenvalue weighted by Gasteiger charge is -2.18. The van der Waals surface area contributed by atoms with Gasteiger partial charge in [-0.3, -0.25) is 9.59 Å². The standard InChI is InChI=1S/C47H84O5/c1-4-7-10-13-16-19-21-22-23-24-25-26-28-29-31-34-37-40-46(48)51-44-45(43-50-42-39-36-33-18-15-12-9-6-3)52-47(49)41-38-35-32-30-27-20-17-14-11-8-5-2/h7,10,16,19,22-23,25-26,45H,4-6,8-9,11-15,17-18,20-21,24,27-44H2,1-3H3/b10-7-,19-16-,23-22-,26-25-. The van der Waals surface area contributed by atoms with E-state index in [0.717, 1.165) is 83.5 Å². The van der Waals surface area contributed by atoms with Gasteiger partial charge in [-0.05, 0) is 57.8 Å². The van der Waals surface area contributed by atoms with Crippen LogP contribution in [-0.2, 0) is 23.8 Å². The lowest BCUT2D eigenvalue weighted by molar-refractivity contribution is -0.163. The maximum Gasteiger partial charge on any atom is 0.306 e. The third-order valence-corrected chi connectivity index (χ3v) is 9.38. The molecule has 1 atom stereocenters. The van der Waals surface area contributed by atoms with E-state index in [-0.39, 0.29) is 25.2 Å². The molecule has 0 aliphatic heterocycles. The van der Waals surface area contributed by atoms with Crippen LogP contribution in [0.15, 0.2) is 48.6 Å². The van der Waals surface area contributed by atoms with Crippen LogP contribution >= 0.6 is 0 Å². The van der Waals surface area contributed by atoms with Gasteiger partial charge in [0.2, 0.25) is 0 Å². The zero-order valence-electron chi connectivity index (χ0n) is 34.6. The molecule has 0 aromatic carbocycles. The number of rotatable bonds is 40. The molecule has 5 nitrogen and oxygen atoms in total. The zero-order valence-corrected chi connectivity index (χ0v) is 34.6. The lowest BCUT2D eigenvalue weighted by Crippen LogP contribution is -2.30. The Balaban J connectivity index is 4.22. The average molecular weight is 729 g/mol. The molecule has 0 N–H and O–H groups in total. The smallest absolute Gasteiger partial charge is 0.306 e. The number of hydrogen-bond acceptors (Lipinski definition) is 5. The van der Waals surface area contributed by atoms with Crippen LogP contribution < -0.4 is 0 Å². The van der Waals surface area contributed by atoms with E-state index in [1.165, 1.54) is 96.3 Å². The Morgan fingerprint density at radius 1 is 0.442 bits per heavy atom. The van der Waals surface area contributed by atoms with E-state index in [4.69, 9.17) is 14.2 Å². The van der Waals surface area contributed by atoms with Crippen molar-refractivity contribution in [1.29, 1.82) is 0 Å². The minimum Gasteiger partial charge on any atom is -0.462 e. The first kappa shape index (κ1) is 49.9. The molecule has 1 unspecified atom stereocenters. The van der Waals surface area contributed by atoms with Crippen molar-refractivity contribution in [2.75, 3.05) is 19.8 Å². The first-order valence-corrected chi connectivity index (χ1v) is 22.2. The Morgan fingerprint density at radius 2 is 0.865 bits per heavy atom. The first-order valence-electron chi connectivity index (χ1n) is 22.2. The summed E-state index contributed by atoms with van der Waals surface area (Å²) in [5, 5.41) is 0. The van der Waals surface area contributed by atoms with Crippen molar-refractivity contribution >= 4 is 11.9 Å². The highest BCUT2D eigenvalue weighted by molar-refractivity contribution is 5.70. The van der Waals surface area contributed by atoms with Crippen LogP contribution in [0.3, 0.4) is 0 Å². The number of hydrogen-bond donors (Lipinski definition) is 0. The molecule has 0 saturated heterocycles. The molecule has 302 valence electrons. The van der Waals surface area contributed by atoms with Crippen molar-refractivity contribution in [3.8, 4) is 0 Å². The van der Waals surface area contributed by atoms with Gasteiger partial charge in [0.25, 0.3) is 0 Å². The van der Waals surface area contributed by atoms with Crippen molar-refractivity contribution in [3.63, 3.8) is 0 Å². The number of ether oxygens (including phenoxy) is 3. The van der Waals surface area contributed by atoms with Gasteiger partial charge in [-0.1, -0.05) is 191 Å². The van der Waals surface area contributed by atoms with Gasteiger partial charge >= 0.3 is 11.9 Å². The van der Waals surface area contributed by atoms with Crippen LogP contribution in [0, 0.1) is 0 Å². The molecule has 52 heavy (non-hydrogen) atoms. The van der Waals surface area contributed by atoms with Gasteiger partial charge < -0.3 is 14.2 Å². The van der Waals surface area contributed by atoms with Gasteiger partial charge in [0.05, 0.1) is 6.61 Å². The Kier molecular flexibility index (Phi) is 41.5. The van der Waals surface area contributed by atoms with Crippen molar-refractivity contribution in [1.82, 2.24) is 0 Å². The summed E-state index contributed by atoms with van der Waals surface area (Å²) in [7, 11) is 0. The second kappa shape index (κ2) is 43.3. The van der Waals surface area contributed by atoms with Crippen molar-refractivity contribution in [3.05, 3.63) is 48.6 Å². The molecule has 0 spiro atoms. The second-order valence-electron chi connectivity index (χ2n) is 14.6. The van der Waals surface area contributed by atoms with Gasteiger partial charge in [-0.15, -0.1) is 0 Å². The van der Waals surface area contributed by atoms with Gasteiger partial charge in [-0.25, -0.2) is 0 Å². The maximum absolute atomic E-state index is 12.7. The van der Waals surface area contributed by atoms with Crippen LogP contribution in [-0.4, -0.2) is 37.9 Å². The van der Waals surface area contributed by atoms with E-state index in [0.29, 0.717) is 19.4 Å². The van der Waals surface area contributed by atoms with E-state index in [2.05, 4.69) is 69.4 Å². The Hall–Kier alpha value is -2.14. The maximum atomic E-state index is 12.7. The number of allylic oxidation sites excluding steroid dienone is 8. The Morgan fingerprint density at radius 3 is 1.38 bits per heavy atom. The number of esters is 2. The molecule has 0 aliphatic rings. The normalized spacial score (nSPS) is 12.6. The van der Waals surface area contributed by atoms with E-state index < -0.39 is 6.10 Å². The molecule has 0 radical (unpaired) electrons. The third kappa shape index (κ3) is 40.6. The third-order valence-electron chi connectivity index (χ3n) is 9.38. The van der Waals surface area contributed by atoms with Crippen LogP contribution in [0.4, 0.5) is 0 Å². The molecule has 0 aromatic rings. The molecular weight excluding hydrogens is 645 g/mol. The lowest BCUT2D eigenvalue weighted by atomic mass is 10.1. The van der Waals surface area contributed by atoms with E-state index >= 15 is 0 Å². The molecule has 0 heterocycles. The quantitative estimate of drug-likeness (QED) is 0.0357. The second-order valence-corrected chi connectivity index (χ2v) is 14.6. The molecule has 0 bridgehead atoms. The minimum absolute atomic E-state index is 0.0755. The van der Waals surface area contributed by atoms with Crippen LogP contribution in [0.2, 0.25) is 0 Å². The molecular formula is C47H84O5. The number of carbonyl (C=O) groups is 2. The molecule has 0 fully saturated rings. The van der Waals surface area contributed by atoms with Crippen molar-refractivity contribution < 1.29 is 23.8 Å². The summed E-state index contributed by atoms with van der Waals surface area (Å²) in [6.07, 6.45) is 51.0. The average Bonchev–Trinajstić information content (AvgIpc) is 3.14. The first-order chi connectivity index (χ1) is 25.6. The monoisotopic (exact) mass is 729 g/mol. The van der Waals surface area contributed by atoms with Crippen LogP contribution in [0.1, 0.15) is 213 Å². The zero-order chi connectivity index (χ0) is 37.8. The summed E-state index contributed by atoms with van der Waals surface area (Å²) < 4.78 is 17.2. The highest BCUT2D eigenvalue weighted by atomic mass is 16.6. The SMILES string of the molecule is CC/C=C\C/C=C\C/C=C\C/C=C\CCCCCCC(=O)OCC(COCCCCCCCCCC)OC(=O)CCCCCCCCCCCCC. The van der Waals surface area contributed by atoms with Crippen LogP contribution in [0.25, 0.3) is 0 Å². The molecule has 0 aliphatic carbocycles. The molecule has 5 heteroatoms. The Bertz CT molecular complexity index is 873. The molecule has 0 saturated carbocycles. The summed E-state index contributed by atoms with van der Waals surface area (Å²) in [6.45, 7) is 7.67.